The SMILES string of the molecule is CCC(Nc1nc(NC)ncc1Br)C(C)C. The molecule has 0 aliphatic carbocycles. The second kappa shape index (κ2) is 6.03. The summed E-state index contributed by atoms with van der Waals surface area (Å²) < 4.78 is 0.894. The Morgan fingerprint density at radius 2 is 2.12 bits per heavy atom. The Morgan fingerprint density at radius 3 is 2.62 bits per heavy atom. The van der Waals surface area contributed by atoms with E-state index in [0.717, 1.165) is 16.7 Å². The number of hydrogen-bond donors (Lipinski definition) is 2. The van der Waals surface area contributed by atoms with E-state index in [0.29, 0.717) is 17.9 Å². The molecule has 1 heterocycles. The van der Waals surface area contributed by atoms with Gasteiger partial charge in [0, 0.05) is 19.3 Å². The fraction of sp³-hybridized carbons (Fsp3) is 0.636. The van der Waals surface area contributed by atoms with Crippen LogP contribution in [0.1, 0.15) is 27.2 Å². The second-order valence-electron chi connectivity index (χ2n) is 4.04. The number of rotatable bonds is 5. The van der Waals surface area contributed by atoms with Crippen LogP contribution in [0, 0.1) is 5.92 Å². The summed E-state index contributed by atoms with van der Waals surface area (Å²) in [5, 5.41) is 6.37. The Hall–Kier alpha value is -0.840. The topological polar surface area (TPSA) is 49.8 Å². The third-order valence-electron chi connectivity index (χ3n) is 2.53. The summed E-state index contributed by atoms with van der Waals surface area (Å²) in [6.07, 6.45) is 2.83. The van der Waals surface area contributed by atoms with Crippen molar-refractivity contribution in [2.24, 2.45) is 5.92 Å². The molecule has 0 fully saturated rings. The highest BCUT2D eigenvalue weighted by Gasteiger charge is 2.13. The monoisotopic (exact) mass is 286 g/mol. The van der Waals surface area contributed by atoms with Crippen LogP contribution in [-0.4, -0.2) is 23.1 Å². The van der Waals surface area contributed by atoms with Crippen LogP contribution in [0.15, 0.2) is 10.7 Å². The number of aromatic nitrogens is 2. The average Bonchev–Trinajstić information content (AvgIpc) is 2.27. The minimum absolute atomic E-state index is 0.427. The molecule has 0 aromatic carbocycles. The molecule has 0 bridgehead atoms. The van der Waals surface area contributed by atoms with Crippen LogP contribution in [-0.2, 0) is 0 Å². The van der Waals surface area contributed by atoms with Crippen LogP contribution in [0.2, 0.25) is 0 Å². The van der Waals surface area contributed by atoms with Gasteiger partial charge in [0.2, 0.25) is 5.95 Å². The Labute approximate surface area is 105 Å². The molecular formula is C11H19BrN4. The van der Waals surface area contributed by atoms with Gasteiger partial charge in [-0.1, -0.05) is 20.8 Å². The molecule has 1 aromatic rings. The van der Waals surface area contributed by atoms with E-state index in [2.05, 4.69) is 57.3 Å². The van der Waals surface area contributed by atoms with E-state index in [-0.39, 0.29) is 0 Å². The Bertz CT molecular complexity index is 341. The summed E-state index contributed by atoms with van der Waals surface area (Å²) in [5.41, 5.74) is 0. The van der Waals surface area contributed by atoms with Gasteiger partial charge in [0.1, 0.15) is 5.82 Å². The van der Waals surface area contributed by atoms with Crippen molar-refractivity contribution in [1.29, 1.82) is 0 Å². The van der Waals surface area contributed by atoms with E-state index in [1.165, 1.54) is 0 Å². The molecule has 0 aliphatic heterocycles. The molecule has 5 heteroatoms. The van der Waals surface area contributed by atoms with Crippen LogP contribution >= 0.6 is 15.9 Å². The van der Waals surface area contributed by atoms with Gasteiger partial charge in [-0.2, -0.15) is 4.98 Å². The van der Waals surface area contributed by atoms with Crippen molar-refractivity contribution in [3.8, 4) is 0 Å². The maximum atomic E-state index is 4.38. The summed E-state index contributed by atoms with van der Waals surface area (Å²) in [6.45, 7) is 6.58. The molecule has 0 amide bonds. The summed E-state index contributed by atoms with van der Waals surface area (Å²) in [6, 6.07) is 0.427. The molecule has 1 rings (SSSR count). The molecule has 90 valence electrons. The number of nitrogens with zero attached hydrogens (tertiary/aromatic N) is 2. The fourth-order valence-electron chi connectivity index (χ4n) is 1.50. The van der Waals surface area contributed by atoms with Crippen LogP contribution in [0.25, 0.3) is 0 Å². The smallest absolute Gasteiger partial charge is 0.224 e. The van der Waals surface area contributed by atoms with Crippen LogP contribution in [0.3, 0.4) is 0 Å². The molecule has 0 radical (unpaired) electrons. The van der Waals surface area contributed by atoms with Gasteiger partial charge in [0.15, 0.2) is 0 Å². The van der Waals surface area contributed by atoms with Crippen LogP contribution < -0.4 is 10.6 Å². The molecule has 0 saturated carbocycles. The maximum Gasteiger partial charge on any atom is 0.224 e. The third-order valence-corrected chi connectivity index (χ3v) is 3.11. The molecule has 0 spiro atoms. The zero-order valence-electron chi connectivity index (χ0n) is 10.2. The van der Waals surface area contributed by atoms with Gasteiger partial charge in [-0.25, -0.2) is 4.98 Å². The van der Waals surface area contributed by atoms with E-state index in [4.69, 9.17) is 0 Å². The molecule has 1 unspecified atom stereocenters. The predicted octanol–water partition coefficient (Wildman–Crippen LogP) is 3.13. The highest BCUT2D eigenvalue weighted by Crippen LogP contribution is 2.22. The predicted molar refractivity (Wildman–Crippen MR) is 71.8 cm³/mol. The molecule has 2 N–H and O–H groups in total. The highest BCUT2D eigenvalue weighted by molar-refractivity contribution is 9.10. The summed E-state index contributed by atoms with van der Waals surface area (Å²) in [7, 11) is 1.81. The minimum atomic E-state index is 0.427. The lowest BCUT2D eigenvalue weighted by Crippen LogP contribution is -2.25. The van der Waals surface area contributed by atoms with Gasteiger partial charge in [-0.3, -0.25) is 0 Å². The van der Waals surface area contributed by atoms with Gasteiger partial charge in [-0.05, 0) is 28.3 Å². The fourth-order valence-corrected chi connectivity index (χ4v) is 1.81. The quantitative estimate of drug-likeness (QED) is 0.873. The molecule has 0 aliphatic rings. The largest absolute Gasteiger partial charge is 0.366 e. The maximum absolute atomic E-state index is 4.38. The first-order chi connectivity index (χ1) is 7.58. The van der Waals surface area contributed by atoms with E-state index in [1.807, 2.05) is 7.05 Å². The number of hydrogen-bond acceptors (Lipinski definition) is 4. The third kappa shape index (κ3) is 3.33. The molecule has 4 nitrogen and oxygen atoms in total. The highest BCUT2D eigenvalue weighted by atomic mass is 79.9. The number of anilines is 2. The Morgan fingerprint density at radius 1 is 1.44 bits per heavy atom. The zero-order chi connectivity index (χ0) is 12.1. The van der Waals surface area contributed by atoms with Crippen LogP contribution in [0.5, 0.6) is 0 Å². The number of halogens is 1. The summed E-state index contributed by atoms with van der Waals surface area (Å²) in [4.78, 5) is 8.51. The molecule has 1 atom stereocenters. The van der Waals surface area contributed by atoms with Crippen molar-refractivity contribution in [2.75, 3.05) is 17.7 Å². The van der Waals surface area contributed by atoms with Crippen molar-refractivity contribution in [1.82, 2.24) is 9.97 Å². The van der Waals surface area contributed by atoms with Crippen molar-refractivity contribution in [3.63, 3.8) is 0 Å². The molecule has 16 heavy (non-hydrogen) atoms. The standard InChI is InChI=1S/C11H19BrN4/c1-5-9(7(2)3)15-10-8(12)6-14-11(13-4)16-10/h6-7,9H,5H2,1-4H3,(H2,13,14,15,16). The molecular weight excluding hydrogens is 268 g/mol. The van der Waals surface area contributed by atoms with Gasteiger partial charge < -0.3 is 10.6 Å². The van der Waals surface area contributed by atoms with E-state index in [1.54, 1.807) is 6.20 Å². The molecule has 1 aromatic heterocycles. The van der Waals surface area contributed by atoms with Crippen molar-refractivity contribution >= 4 is 27.7 Å². The van der Waals surface area contributed by atoms with Gasteiger partial charge in [-0.15, -0.1) is 0 Å². The number of nitrogens with one attached hydrogen (secondary N) is 2. The Kier molecular flexibility index (Phi) is 4.99. The van der Waals surface area contributed by atoms with Gasteiger partial charge in [0.25, 0.3) is 0 Å². The van der Waals surface area contributed by atoms with Crippen molar-refractivity contribution < 1.29 is 0 Å². The summed E-state index contributed by atoms with van der Waals surface area (Å²) >= 11 is 3.45. The lowest BCUT2D eigenvalue weighted by Gasteiger charge is -2.22. The first-order valence-corrected chi connectivity index (χ1v) is 6.34. The molecule has 0 saturated heterocycles. The van der Waals surface area contributed by atoms with Gasteiger partial charge >= 0.3 is 0 Å². The summed E-state index contributed by atoms with van der Waals surface area (Å²) in [5.74, 6) is 2.05. The van der Waals surface area contributed by atoms with E-state index >= 15 is 0 Å². The van der Waals surface area contributed by atoms with Gasteiger partial charge in [0.05, 0.1) is 4.47 Å². The van der Waals surface area contributed by atoms with Crippen LogP contribution in [0.4, 0.5) is 11.8 Å². The first kappa shape index (κ1) is 13.2. The van der Waals surface area contributed by atoms with E-state index < -0.39 is 0 Å². The first-order valence-electron chi connectivity index (χ1n) is 5.55. The Balaban J connectivity index is 2.86. The second-order valence-corrected chi connectivity index (χ2v) is 4.90. The average molecular weight is 287 g/mol. The lowest BCUT2D eigenvalue weighted by molar-refractivity contribution is 0.509. The normalized spacial score (nSPS) is 12.6. The van der Waals surface area contributed by atoms with Crippen molar-refractivity contribution in [2.45, 2.75) is 33.2 Å². The zero-order valence-corrected chi connectivity index (χ0v) is 11.8. The van der Waals surface area contributed by atoms with E-state index in [9.17, 15) is 0 Å². The lowest BCUT2D eigenvalue weighted by atomic mass is 10.0. The minimum Gasteiger partial charge on any atom is -0.366 e. The van der Waals surface area contributed by atoms with Crippen molar-refractivity contribution in [3.05, 3.63) is 10.7 Å².